The summed E-state index contributed by atoms with van der Waals surface area (Å²) in [7, 11) is 0. The Balaban J connectivity index is 2.09. The molecule has 0 heterocycles. The van der Waals surface area contributed by atoms with Gasteiger partial charge in [0.05, 0.1) is 39.5 Å². The number of carbonyl (C=O) groups excluding carboxylic acids is 1. The Morgan fingerprint density at radius 1 is 1.21 bits per heavy atom. The molecule has 1 aromatic rings. The van der Waals surface area contributed by atoms with E-state index in [4.69, 9.17) is 14.6 Å². The summed E-state index contributed by atoms with van der Waals surface area (Å²) in [5.41, 5.74) is 0.599. The van der Waals surface area contributed by atoms with Crippen molar-refractivity contribution in [3.8, 4) is 0 Å². The minimum Gasteiger partial charge on any atom is -0.858 e. The number of hydrogen-bond donors (Lipinski definition) is 2. The first-order valence-electron chi connectivity index (χ1n) is 7.49. The normalized spacial score (nSPS) is 11.4. The highest BCUT2D eigenvalue weighted by molar-refractivity contribution is 5.98. The number of nitrogens with zero attached hydrogens (tertiary/aromatic N) is 1. The highest BCUT2D eigenvalue weighted by atomic mass is 16.5. The zero-order valence-electron chi connectivity index (χ0n) is 13.3. The third-order valence-corrected chi connectivity index (χ3v) is 2.88. The number of aliphatic imine (C=N–C) groups is 1. The van der Waals surface area contributed by atoms with Gasteiger partial charge in [-0.2, -0.15) is 0 Å². The highest BCUT2D eigenvalue weighted by Crippen LogP contribution is 2.05. The van der Waals surface area contributed by atoms with Gasteiger partial charge >= 0.3 is 5.97 Å². The molecule has 0 aliphatic rings. The number of ether oxygens (including phenoxy) is 2. The third kappa shape index (κ3) is 8.37. The molecule has 0 atom stereocenters. The number of benzene rings is 1. The van der Waals surface area contributed by atoms with E-state index in [9.17, 15) is 14.7 Å². The van der Waals surface area contributed by atoms with Gasteiger partial charge in [0.2, 0.25) is 0 Å². The second-order valence-electron chi connectivity index (χ2n) is 4.69. The first kappa shape index (κ1) is 19.8. The van der Waals surface area contributed by atoms with Crippen LogP contribution < -0.4 is 10.4 Å². The van der Waals surface area contributed by atoms with Gasteiger partial charge in [-0.25, -0.2) is 0 Å². The van der Waals surface area contributed by atoms with Crippen LogP contribution in [0, 0.1) is 0 Å². The topological polar surface area (TPSA) is 120 Å². The number of carbonyl (C=O) groups is 2. The van der Waals surface area contributed by atoms with E-state index in [1.54, 1.807) is 24.3 Å². The van der Waals surface area contributed by atoms with E-state index in [-0.39, 0.29) is 25.3 Å². The van der Waals surface area contributed by atoms with Crippen LogP contribution in [0.4, 0.5) is 0 Å². The molecular formula is C16H21N2O6-. The fourth-order valence-electron chi connectivity index (χ4n) is 1.75. The van der Waals surface area contributed by atoms with Crippen LogP contribution in [0.5, 0.6) is 0 Å². The number of hydrogen-bond acceptors (Lipinski definition) is 7. The van der Waals surface area contributed by atoms with Crippen molar-refractivity contribution in [1.29, 1.82) is 0 Å². The van der Waals surface area contributed by atoms with Gasteiger partial charge in [0.1, 0.15) is 0 Å². The molecule has 132 valence electrons. The molecule has 1 rings (SSSR count). The van der Waals surface area contributed by atoms with E-state index in [0.717, 1.165) is 0 Å². The summed E-state index contributed by atoms with van der Waals surface area (Å²) in [6, 6.07) is 6.48. The average Bonchev–Trinajstić information content (AvgIpc) is 2.59. The number of aldehydes is 1. The fraction of sp³-hybridized carbons (Fsp3) is 0.438. The molecule has 0 aliphatic carbocycles. The lowest BCUT2D eigenvalue weighted by molar-refractivity contribution is -0.213. The first-order valence-corrected chi connectivity index (χ1v) is 7.49. The van der Waals surface area contributed by atoms with Crippen LogP contribution in [0.15, 0.2) is 29.3 Å². The van der Waals surface area contributed by atoms with Gasteiger partial charge in [-0.15, -0.1) is 0 Å². The molecule has 0 saturated carbocycles. The second-order valence-corrected chi connectivity index (χ2v) is 4.69. The molecule has 24 heavy (non-hydrogen) atoms. The van der Waals surface area contributed by atoms with E-state index in [2.05, 4.69) is 10.3 Å². The number of nitrogens with one attached hydrogen (secondary N) is 1. The van der Waals surface area contributed by atoms with Crippen LogP contribution in [0.25, 0.3) is 0 Å². The molecule has 8 nitrogen and oxygen atoms in total. The molecule has 8 heteroatoms. The molecule has 0 saturated heterocycles. The van der Waals surface area contributed by atoms with Crippen molar-refractivity contribution in [3.63, 3.8) is 0 Å². The Labute approximate surface area is 140 Å². The van der Waals surface area contributed by atoms with Gasteiger partial charge in [-0.1, -0.05) is 24.3 Å². The molecular weight excluding hydrogens is 316 g/mol. The van der Waals surface area contributed by atoms with Crippen molar-refractivity contribution in [2.24, 2.45) is 4.99 Å². The Kier molecular flexibility index (Phi) is 10.0. The molecule has 0 amide bonds. The zero-order valence-corrected chi connectivity index (χ0v) is 13.3. The molecule has 1 aromatic carbocycles. The summed E-state index contributed by atoms with van der Waals surface area (Å²) in [6.45, 7) is 1.95. The molecule has 2 N–H and O–H groups in total. The molecule has 0 unspecified atom stereocenters. The van der Waals surface area contributed by atoms with Crippen LogP contribution in [0.1, 0.15) is 15.9 Å². The Morgan fingerprint density at radius 2 is 1.92 bits per heavy atom. The zero-order chi connectivity index (χ0) is 17.6. The van der Waals surface area contributed by atoms with E-state index in [0.29, 0.717) is 38.2 Å². The highest BCUT2D eigenvalue weighted by Gasteiger charge is 1.99. The maximum Gasteiger partial charge on any atom is 0.317 e. The molecule has 0 aromatic heterocycles. The largest absolute Gasteiger partial charge is 0.858 e. The van der Waals surface area contributed by atoms with E-state index >= 15 is 0 Å². The summed E-state index contributed by atoms with van der Waals surface area (Å²) in [5.74, 6) is -1.35. The van der Waals surface area contributed by atoms with Crippen LogP contribution >= 0.6 is 0 Å². The van der Waals surface area contributed by atoms with Crippen LogP contribution in [0.3, 0.4) is 0 Å². The lowest BCUT2D eigenvalue weighted by atomic mass is 10.1. The average molecular weight is 337 g/mol. The quantitative estimate of drug-likeness (QED) is 0.212. The van der Waals surface area contributed by atoms with Crippen molar-refractivity contribution in [3.05, 3.63) is 35.4 Å². The minimum atomic E-state index is -0.910. The van der Waals surface area contributed by atoms with Crippen LogP contribution in [-0.4, -0.2) is 69.3 Å². The maximum absolute atomic E-state index is 11.9. The van der Waals surface area contributed by atoms with Gasteiger partial charge in [0.15, 0.2) is 6.29 Å². The number of carboxylic acid groups (broad SMARTS) is 1. The standard InChI is InChI=1S/C16H22N2O6/c19-12-13-3-1-2-4-14(13)16(22)18-6-8-24-10-9-23-7-5-17-11-15(20)21/h1-4,12,17H,5-11H2,(H,18,22)(H,20,21)/p-1. The fourth-order valence-corrected chi connectivity index (χ4v) is 1.75. The molecule has 0 bridgehead atoms. The van der Waals surface area contributed by atoms with Crippen molar-refractivity contribution in [2.45, 2.75) is 0 Å². The van der Waals surface area contributed by atoms with Crippen molar-refractivity contribution in [1.82, 2.24) is 5.32 Å². The SMILES string of the molecule is O=Cc1ccccc1C([O-])=NCCOCCOCCNCC(=O)O. The smallest absolute Gasteiger partial charge is 0.317 e. The first-order chi connectivity index (χ1) is 11.6. The predicted molar refractivity (Wildman–Crippen MR) is 85.4 cm³/mol. The van der Waals surface area contributed by atoms with Gasteiger partial charge in [-0.05, 0) is 11.5 Å². The maximum atomic E-state index is 11.9. The second kappa shape index (κ2) is 12.2. The Hall–Kier alpha value is -2.29. The van der Waals surface area contributed by atoms with Gasteiger partial charge < -0.3 is 25.0 Å². The van der Waals surface area contributed by atoms with Crippen LogP contribution in [-0.2, 0) is 14.3 Å². The molecule has 0 spiro atoms. The van der Waals surface area contributed by atoms with Crippen molar-refractivity contribution < 1.29 is 29.3 Å². The minimum absolute atomic E-state index is 0.0946. The van der Waals surface area contributed by atoms with E-state index in [1.807, 2.05) is 0 Å². The third-order valence-electron chi connectivity index (χ3n) is 2.88. The lowest BCUT2D eigenvalue weighted by Gasteiger charge is -2.13. The van der Waals surface area contributed by atoms with E-state index < -0.39 is 11.9 Å². The summed E-state index contributed by atoms with van der Waals surface area (Å²) in [5, 5.41) is 22.9. The van der Waals surface area contributed by atoms with Crippen molar-refractivity contribution >= 4 is 18.2 Å². The van der Waals surface area contributed by atoms with Crippen LogP contribution in [0.2, 0.25) is 0 Å². The summed E-state index contributed by atoms with van der Waals surface area (Å²) in [4.78, 5) is 24.9. The Bertz CT molecular complexity index is 547. The molecule has 0 aliphatic heterocycles. The van der Waals surface area contributed by atoms with Gasteiger partial charge in [0, 0.05) is 12.1 Å². The van der Waals surface area contributed by atoms with Gasteiger partial charge in [-0.3, -0.25) is 14.6 Å². The number of rotatable bonds is 13. The summed E-state index contributed by atoms with van der Waals surface area (Å²) < 4.78 is 10.5. The number of aliphatic carboxylic acids is 1. The van der Waals surface area contributed by atoms with Gasteiger partial charge in [0.25, 0.3) is 0 Å². The molecule has 0 fully saturated rings. The number of carboxylic acids is 1. The summed E-state index contributed by atoms with van der Waals surface area (Å²) in [6.07, 6.45) is 0.627. The Morgan fingerprint density at radius 3 is 2.62 bits per heavy atom. The van der Waals surface area contributed by atoms with E-state index in [1.165, 1.54) is 0 Å². The predicted octanol–water partition coefficient (Wildman–Crippen LogP) is -0.687. The monoisotopic (exact) mass is 337 g/mol. The van der Waals surface area contributed by atoms with Crippen molar-refractivity contribution in [2.75, 3.05) is 46.1 Å². The lowest BCUT2D eigenvalue weighted by Crippen LogP contribution is -2.26. The molecule has 0 radical (unpaired) electrons. The summed E-state index contributed by atoms with van der Waals surface area (Å²) >= 11 is 0.